The SMILES string of the molecule is CCCC[C@@H](NC(=O)c1ccccc1)[C@H](C)C(=O)N1CC[C@@H]2[C@H]1c1ccccc1N[C@@H]2CN. The normalized spacial score (nSPS) is 23.1. The molecule has 176 valence electrons. The zero-order chi connectivity index (χ0) is 23.4. The Bertz CT molecular complexity index is 964. The van der Waals surface area contributed by atoms with Crippen LogP contribution in [0.5, 0.6) is 0 Å². The first-order chi connectivity index (χ1) is 16.0. The molecule has 4 rings (SSSR count). The van der Waals surface area contributed by atoms with Crippen molar-refractivity contribution in [2.75, 3.05) is 18.4 Å². The monoisotopic (exact) mass is 448 g/mol. The number of fused-ring (bicyclic) bond motifs is 3. The van der Waals surface area contributed by atoms with Gasteiger partial charge >= 0.3 is 0 Å². The molecule has 2 aromatic rings. The molecule has 2 amide bonds. The predicted molar refractivity (Wildman–Crippen MR) is 132 cm³/mol. The highest BCUT2D eigenvalue weighted by Crippen LogP contribution is 2.46. The molecule has 1 fully saturated rings. The van der Waals surface area contributed by atoms with Crippen LogP contribution in [0, 0.1) is 11.8 Å². The van der Waals surface area contributed by atoms with Gasteiger partial charge in [0.15, 0.2) is 0 Å². The molecule has 0 unspecified atom stereocenters. The first kappa shape index (κ1) is 23.3. The lowest BCUT2D eigenvalue weighted by Gasteiger charge is -2.40. The quantitative estimate of drug-likeness (QED) is 0.571. The maximum absolute atomic E-state index is 13.9. The molecule has 6 nitrogen and oxygen atoms in total. The van der Waals surface area contributed by atoms with Crippen LogP contribution in [0.4, 0.5) is 5.69 Å². The van der Waals surface area contributed by atoms with Gasteiger partial charge in [-0.3, -0.25) is 9.59 Å². The molecular formula is C27H36N4O2. The predicted octanol–water partition coefficient (Wildman–Crippen LogP) is 3.95. The van der Waals surface area contributed by atoms with Gasteiger partial charge in [0.2, 0.25) is 5.91 Å². The van der Waals surface area contributed by atoms with Crippen LogP contribution in [-0.2, 0) is 4.79 Å². The Morgan fingerprint density at radius 2 is 1.88 bits per heavy atom. The number of likely N-dealkylation sites (tertiary alicyclic amines) is 1. The zero-order valence-corrected chi connectivity index (χ0v) is 19.7. The van der Waals surface area contributed by atoms with Crippen LogP contribution < -0.4 is 16.4 Å². The molecule has 2 heterocycles. The fourth-order valence-electron chi connectivity index (χ4n) is 5.46. The van der Waals surface area contributed by atoms with E-state index in [2.05, 4.69) is 29.7 Å². The molecule has 0 aromatic heterocycles. The van der Waals surface area contributed by atoms with Crippen molar-refractivity contribution < 1.29 is 9.59 Å². The maximum Gasteiger partial charge on any atom is 0.251 e. The molecule has 2 aliphatic heterocycles. The highest BCUT2D eigenvalue weighted by atomic mass is 16.2. The number of nitrogens with two attached hydrogens (primary N) is 1. The van der Waals surface area contributed by atoms with E-state index >= 15 is 0 Å². The van der Waals surface area contributed by atoms with E-state index in [4.69, 9.17) is 5.73 Å². The van der Waals surface area contributed by atoms with E-state index in [-0.39, 0.29) is 35.9 Å². The third-order valence-electron chi connectivity index (χ3n) is 7.33. The summed E-state index contributed by atoms with van der Waals surface area (Å²) in [4.78, 5) is 28.8. The van der Waals surface area contributed by atoms with Gasteiger partial charge in [-0.2, -0.15) is 0 Å². The van der Waals surface area contributed by atoms with Gasteiger partial charge in [-0.05, 0) is 36.6 Å². The highest BCUT2D eigenvalue weighted by Gasteiger charge is 2.46. The molecular weight excluding hydrogens is 412 g/mol. The number of hydrogen-bond acceptors (Lipinski definition) is 4. The highest BCUT2D eigenvalue weighted by molar-refractivity contribution is 5.94. The van der Waals surface area contributed by atoms with Crippen LogP contribution >= 0.6 is 0 Å². The summed E-state index contributed by atoms with van der Waals surface area (Å²) < 4.78 is 0. The van der Waals surface area contributed by atoms with Crippen molar-refractivity contribution in [3.05, 3.63) is 65.7 Å². The Hall–Kier alpha value is -2.86. The first-order valence-electron chi connectivity index (χ1n) is 12.3. The second kappa shape index (κ2) is 10.4. The summed E-state index contributed by atoms with van der Waals surface area (Å²) >= 11 is 0. The van der Waals surface area contributed by atoms with Crippen molar-refractivity contribution >= 4 is 17.5 Å². The third kappa shape index (κ3) is 4.76. The third-order valence-corrected chi connectivity index (χ3v) is 7.33. The molecule has 0 spiro atoms. The molecule has 2 aliphatic rings. The van der Waals surface area contributed by atoms with Gasteiger partial charge in [0, 0.05) is 42.3 Å². The Morgan fingerprint density at radius 1 is 1.15 bits per heavy atom. The van der Waals surface area contributed by atoms with Crippen molar-refractivity contribution in [3.63, 3.8) is 0 Å². The van der Waals surface area contributed by atoms with Gasteiger partial charge < -0.3 is 21.3 Å². The van der Waals surface area contributed by atoms with E-state index < -0.39 is 0 Å². The van der Waals surface area contributed by atoms with Crippen molar-refractivity contribution in [3.8, 4) is 0 Å². The van der Waals surface area contributed by atoms with Gasteiger partial charge in [-0.25, -0.2) is 0 Å². The number of nitrogens with zero attached hydrogens (tertiary/aromatic N) is 1. The number of hydrogen-bond donors (Lipinski definition) is 3. The minimum Gasteiger partial charge on any atom is -0.380 e. The fourth-order valence-corrected chi connectivity index (χ4v) is 5.46. The minimum atomic E-state index is -0.304. The molecule has 2 aromatic carbocycles. The summed E-state index contributed by atoms with van der Waals surface area (Å²) in [6, 6.07) is 17.5. The molecule has 0 bridgehead atoms. The number of carbonyl (C=O) groups is 2. The van der Waals surface area contributed by atoms with E-state index in [0.717, 1.165) is 37.9 Å². The molecule has 0 aliphatic carbocycles. The molecule has 33 heavy (non-hydrogen) atoms. The summed E-state index contributed by atoms with van der Waals surface area (Å²) in [5.41, 5.74) is 8.96. The molecule has 0 radical (unpaired) electrons. The molecule has 5 atom stereocenters. The lowest BCUT2D eigenvalue weighted by atomic mass is 9.82. The van der Waals surface area contributed by atoms with Crippen LogP contribution in [0.3, 0.4) is 0 Å². The van der Waals surface area contributed by atoms with Gasteiger partial charge in [-0.1, -0.05) is 63.1 Å². The molecule has 0 saturated carbocycles. The minimum absolute atomic E-state index is 0.0302. The standard InChI is InChI=1S/C27H36N4O2/c1-3-4-13-22(30-26(32)19-10-6-5-7-11-19)18(2)27(33)31-16-15-21-24(17-28)29-23-14-9-8-12-20(23)25(21)31/h5-12,14,18,21-22,24-25,29H,3-4,13,15-17,28H2,1-2H3,(H,30,32)/t18-,21-,22+,24+,25+/m0/s1. The average Bonchev–Trinajstić information content (AvgIpc) is 3.31. The summed E-state index contributed by atoms with van der Waals surface area (Å²) in [6.07, 6.45) is 3.70. The lowest BCUT2D eigenvalue weighted by Crippen LogP contribution is -2.49. The summed E-state index contributed by atoms with van der Waals surface area (Å²) in [6.45, 7) is 5.36. The van der Waals surface area contributed by atoms with Crippen LogP contribution in [0.2, 0.25) is 0 Å². The van der Waals surface area contributed by atoms with Crippen molar-refractivity contribution in [1.82, 2.24) is 10.2 Å². The van der Waals surface area contributed by atoms with Gasteiger partial charge in [0.05, 0.1) is 12.0 Å². The van der Waals surface area contributed by atoms with Crippen LogP contribution in [0.15, 0.2) is 54.6 Å². The van der Waals surface area contributed by atoms with E-state index in [1.165, 1.54) is 5.56 Å². The summed E-state index contributed by atoms with van der Waals surface area (Å²) in [5, 5.41) is 6.75. The maximum atomic E-state index is 13.9. The van der Waals surface area contributed by atoms with Gasteiger partial charge in [0.1, 0.15) is 0 Å². The number of anilines is 1. The van der Waals surface area contributed by atoms with Crippen molar-refractivity contribution in [2.45, 2.75) is 57.7 Å². The number of nitrogens with one attached hydrogen (secondary N) is 2. The molecule has 1 saturated heterocycles. The van der Waals surface area contributed by atoms with Gasteiger partial charge in [-0.15, -0.1) is 0 Å². The smallest absolute Gasteiger partial charge is 0.251 e. The van der Waals surface area contributed by atoms with Crippen molar-refractivity contribution in [1.29, 1.82) is 0 Å². The summed E-state index contributed by atoms with van der Waals surface area (Å²) in [5.74, 6) is -0.00844. The number of unbranched alkanes of at least 4 members (excludes halogenated alkanes) is 1. The average molecular weight is 449 g/mol. The molecule has 6 heteroatoms. The second-order valence-electron chi connectivity index (χ2n) is 9.38. The van der Waals surface area contributed by atoms with Crippen molar-refractivity contribution in [2.24, 2.45) is 17.6 Å². The Labute approximate surface area is 196 Å². The number of rotatable bonds is 8. The number of benzene rings is 2. The van der Waals surface area contributed by atoms with Crippen LogP contribution in [0.1, 0.15) is 61.5 Å². The number of carbonyl (C=O) groups excluding carboxylic acids is 2. The Kier molecular flexibility index (Phi) is 7.33. The zero-order valence-electron chi connectivity index (χ0n) is 19.7. The molecule has 4 N–H and O–H groups in total. The van der Waals surface area contributed by atoms with Gasteiger partial charge in [0.25, 0.3) is 5.91 Å². The Balaban J connectivity index is 1.55. The summed E-state index contributed by atoms with van der Waals surface area (Å²) in [7, 11) is 0. The Morgan fingerprint density at radius 3 is 2.61 bits per heavy atom. The van der Waals surface area contributed by atoms with E-state index in [1.807, 2.05) is 54.3 Å². The van der Waals surface area contributed by atoms with Crippen LogP contribution in [0.25, 0.3) is 0 Å². The lowest BCUT2D eigenvalue weighted by molar-refractivity contribution is -0.137. The second-order valence-corrected chi connectivity index (χ2v) is 9.38. The first-order valence-corrected chi connectivity index (χ1v) is 12.3. The fraction of sp³-hybridized carbons (Fsp3) is 0.481. The topological polar surface area (TPSA) is 87.5 Å². The number of para-hydroxylation sites is 1. The largest absolute Gasteiger partial charge is 0.380 e. The van der Waals surface area contributed by atoms with E-state index in [0.29, 0.717) is 18.0 Å². The van der Waals surface area contributed by atoms with E-state index in [9.17, 15) is 9.59 Å². The van der Waals surface area contributed by atoms with E-state index in [1.54, 1.807) is 0 Å². The van der Waals surface area contributed by atoms with Crippen LogP contribution in [-0.4, -0.2) is 41.9 Å². The number of amides is 2.